The maximum Gasteiger partial charge on any atom is 0.304 e. The van der Waals surface area contributed by atoms with Gasteiger partial charge in [0.05, 0.1) is 11.8 Å². The van der Waals surface area contributed by atoms with E-state index in [1.54, 1.807) is 12.1 Å². The molecule has 0 aliphatic heterocycles. The number of aliphatic carboxylic acids is 1. The summed E-state index contributed by atoms with van der Waals surface area (Å²) >= 11 is 2.67. The quantitative estimate of drug-likeness (QED) is 0.336. The number of amides is 1. The summed E-state index contributed by atoms with van der Waals surface area (Å²) in [4.78, 5) is 38.8. The SMILES string of the molecule is CCN(CC)c1ccc(CSCCC(=O)O)c(NC(=O)C(C)(C)CSC(=O)c2ccccc2)c1. The van der Waals surface area contributed by atoms with E-state index in [0.717, 1.165) is 41.8 Å². The zero-order valence-electron chi connectivity index (χ0n) is 20.3. The van der Waals surface area contributed by atoms with Crippen LogP contribution in [0.4, 0.5) is 11.4 Å². The van der Waals surface area contributed by atoms with Gasteiger partial charge in [0, 0.05) is 47.3 Å². The molecule has 2 aromatic rings. The lowest BCUT2D eigenvalue weighted by molar-refractivity contribution is -0.136. The number of nitrogens with one attached hydrogen (secondary N) is 1. The van der Waals surface area contributed by atoms with Crippen molar-refractivity contribution in [2.45, 2.75) is 39.9 Å². The number of nitrogens with zero attached hydrogens (tertiary/aromatic N) is 1. The van der Waals surface area contributed by atoms with Gasteiger partial charge in [-0.3, -0.25) is 14.4 Å². The first-order valence-corrected chi connectivity index (χ1v) is 13.5. The molecule has 6 nitrogen and oxygen atoms in total. The highest BCUT2D eigenvalue weighted by Gasteiger charge is 2.29. The summed E-state index contributed by atoms with van der Waals surface area (Å²) in [5, 5.41) is 11.9. The van der Waals surface area contributed by atoms with Crippen LogP contribution in [0.1, 0.15) is 50.0 Å². The lowest BCUT2D eigenvalue weighted by Gasteiger charge is -2.26. The molecule has 0 radical (unpaired) electrons. The Morgan fingerprint density at radius 3 is 2.32 bits per heavy atom. The van der Waals surface area contributed by atoms with Crippen molar-refractivity contribution < 1.29 is 19.5 Å². The normalized spacial score (nSPS) is 11.2. The average Bonchev–Trinajstić information content (AvgIpc) is 2.82. The molecule has 1 amide bonds. The molecule has 2 rings (SSSR count). The summed E-state index contributed by atoms with van der Waals surface area (Å²) in [5.41, 5.74) is 2.55. The molecule has 2 aromatic carbocycles. The molecule has 0 saturated heterocycles. The molecule has 0 aliphatic rings. The number of anilines is 2. The molecule has 0 saturated carbocycles. The van der Waals surface area contributed by atoms with E-state index in [-0.39, 0.29) is 17.4 Å². The van der Waals surface area contributed by atoms with E-state index < -0.39 is 11.4 Å². The molecule has 0 unspecified atom stereocenters. The van der Waals surface area contributed by atoms with E-state index in [9.17, 15) is 14.4 Å². The van der Waals surface area contributed by atoms with Gasteiger partial charge in [0.1, 0.15) is 0 Å². The number of rotatable bonds is 13. The van der Waals surface area contributed by atoms with Crippen LogP contribution in [-0.4, -0.2) is 46.7 Å². The van der Waals surface area contributed by atoms with Crippen molar-refractivity contribution in [2.75, 3.05) is 34.8 Å². The molecule has 34 heavy (non-hydrogen) atoms. The highest BCUT2D eigenvalue weighted by atomic mass is 32.2. The Kier molecular flexibility index (Phi) is 11.0. The third kappa shape index (κ3) is 8.40. The van der Waals surface area contributed by atoms with Crippen molar-refractivity contribution in [3.05, 3.63) is 59.7 Å². The van der Waals surface area contributed by atoms with E-state index >= 15 is 0 Å². The van der Waals surface area contributed by atoms with Crippen molar-refractivity contribution in [3.8, 4) is 0 Å². The summed E-state index contributed by atoms with van der Waals surface area (Å²) in [6.45, 7) is 9.54. The number of carbonyl (C=O) groups is 3. The lowest BCUT2D eigenvalue weighted by Crippen LogP contribution is -2.33. The summed E-state index contributed by atoms with van der Waals surface area (Å²) < 4.78 is 0. The summed E-state index contributed by atoms with van der Waals surface area (Å²) in [7, 11) is 0. The third-order valence-corrected chi connectivity index (χ3v) is 7.75. The fourth-order valence-electron chi connectivity index (χ4n) is 3.19. The highest BCUT2D eigenvalue weighted by Crippen LogP contribution is 2.31. The highest BCUT2D eigenvalue weighted by molar-refractivity contribution is 8.14. The van der Waals surface area contributed by atoms with Crippen LogP contribution in [-0.2, 0) is 15.3 Å². The van der Waals surface area contributed by atoms with Gasteiger partial charge in [-0.1, -0.05) is 62.0 Å². The lowest BCUT2D eigenvalue weighted by atomic mass is 9.95. The molecule has 0 bridgehead atoms. The fraction of sp³-hybridized carbons (Fsp3) is 0.423. The van der Waals surface area contributed by atoms with E-state index in [1.807, 2.05) is 50.2 Å². The predicted molar refractivity (Wildman–Crippen MR) is 144 cm³/mol. The van der Waals surface area contributed by atoms with Gasteiger partial charge in [-0.15, -0.1) is 0 Å². The Morgan fingerprint density at radius 2 is 1.71 bits per heavy atom. The Morgan fingerprint density at radius 1 is 1.03 bits per heavy atom. The monoisotopic (exact) mass is 502 g/mol. The van der Waals surface area contributed by atoms with Crippen molar-refractivity contribution >= 4 is 51.9 Å². The molecule has 0 aromatic heterocycles. The van der Waals surface area contributed by atoms with Crippen molar-refractivity contribution in [2.24, 2.45) is 5.41 Å². The minimum absolute atomic E-state index is 0.0551. The first-order chi connectivity index (χ1) is 16.2. The molecule has 0 fully saturated rings. The van der Waals surface area contributed by atoms with E-state index in [0.29, 0.717) is 22.8 Å². The summed E-state index contributed by atoms with van der Waals surface area (Å²) in [6.07, 6.45) is 0.101. The van der Waals surface area contributed by atoms with Gasteiger partial charge in [-0.2, -0.15) is 11.8 Å². The Balaban J connectivity index is 2.14. The van der Waals surface area contributed by atoms with Gasteiger partial charge in [0.25, 0.3) is 0 Å². The van der Waals surface area contributed by atoms with Crippen LogP contribution < -0.4 is 10.2 Å². The van der Waals surface area contributed by atoms with Crippen LogP contribution in [0, 0.1) is 5.41 Å². The Hall–Kier alpha value is -2.45. The third-order valence-electron chi connectivity index (χ3n) is 5.38. The molecular formula is C26H34N2O4S2. The van der Waals surface area contributed by atoms with Crippen molar-refractivity contribution in [1.82, 2.24) is 0 Å². The van der Waals surface area contributed by atoms with Crippen LogP contribution in [0.3, 0.4) is 0 Å². The minimum Gasteiger partial charge on any atom is -0.481 e. The molecule has 0 heterocycles. The second-order valence-electron chi connectivity index (χ2n) is 8.49. The van der Waals surface area contributed by atoms with Gasteiger partial charge in [-0.25, -0.2) is 0 Å². The summed E-state index contributed by atoms with van der Waals surface area (Å²) in [6, 6.07) is 15.1. The van der Waals surface area contributed by atoms with Gasteiger partial charge >= 0.3 is 5.97 Å². The number of carboxylic acid groups (broad SMARTS) is 1. The fourth-order valence-corrected chi connectivity index (χ4v) is 5.06. The number of thioether (sulfide) groups is 2. The molecule has 8 heteroatoms. The van der Waals surface area contributed by atoms with E-state index in [1.165, 1.54) is 11.8 Å². The predicted octanol–water partition coefficient (Wildman–Crippen LogP) is 5.78. The smallest absolute Gasteiger partial charge is 0.304 e. The van der Waals surface area contributed by atoms with Crippen molar-refractivity contribution in [3.63, 3.8) is 0 Å². The molecule has 0 spiro atoms. The topological polar surface area (TPSA) is 86.7 Å². The molecular weight excluding hydrogens is 468 g/mol. The van der Waals surface area contributed by atoms with Crippen LogP contribution in [0.2, 0.25) is 0 Å². The Labute approximate surface area is 210 Å². The standard InChI is InChI=1S/C26H34N2O4S2/c1-5-28(6-2)21-13-12-20(17-33-15-14-23(29)30)22(16-21)27-25(32)26(3,4)18-34-24(31)19-10-8-7-9-11-19/h7-13,16H,5-6,14-15,17-18H2,1-4H3,(H,27,32)(H,29,30). The van der Waals surface area contributed by atoms with Crippen LogP contribution >= 0.6 is 23.5 Å². The van der Waals surface area contributed by atoms with Crippen LogP contribution in [0.15, 0.2) is 48.5 Å². The molecule has 2 N–H and O–H groups in total. The molecule has 0 aliphatic carbocycles. The zero-order valence-corrected chi connectivity index (χ0v) is 21.9. The Bertz CT molecular complexity index is 976. The van der Waals surface area contributed by atoms with Gasteiger partial charge in [0.15, 0.2) is 0 Å². The number of hydrogen-bond acceptors (Lipinski definition) is 6. The summed E-state index contributed by atoms with van der Waals surface area (Å²) in [5.74, 6) is 0.481. The van der Waals surface area contributed by atoms with Crippen LogP contribution in [0.25, 0.3) is 0 Å². The minimum atomic E-state index is -0.817. The maximum absolute atomic E-state index is 13.2. The van der Waals surface area contributed by atoms with Crippen LogP contribution in [0.5, 0.6) is 0 Å². The van der Waals surface area contributed by atoms with E-state index in [2.05, 4.69) is 24.1 Å². The van der Waals surface area contributed by atoms with Gasteiger partial charge in [0.2, 0.25) is 11.0 Å². The second kappa shape index (κ2) is 13.4. The first kappa shape index (κ1) is 27.8. The zero-order chi connectivity index (χ0) is 25.1. The number of carboxylic acids is 1. The number of benzene rings is 2. The average molecular weight is 503 g/mol. The second-order valence-corrected chi connectivity index (χ2v) is 10.5. The van der Waals surface area contributed by atoms with Crippen molar-refractivity contribution in [1.29, 1.82) is 0 Å². The number of carbonyl (C=O) groups excluding carboxylic acids is 2. The van der Waals surface area contributed by atoms with Gasteiger partial charge in [-0.05, 0) is 31.5 Å². The largest absolute Gasteiger partial charge is 0.481 e. The maximum atomic E-state index is 13.2. The molecule has 0 atom stereocenters. The van der Waals surface area contributed by atoms with E-state index in [4.69, 9.17) is 5.11 Å². The molecule has 184 valence electrons. The number of hydrogen-bond donors (Lipinski definition) is 2. The first-order valence-electron chi connectivity index (χ1n) is 11.4. The van der Waals surface area contributed by atoms with Gasteiger partial charge < -0.3 is 15.3 Å².